The number of carbonyl (C=O) groups excluding carboxylic acids is 1. The molecule has 15 heavy (non-hydrogen) atoms. The van der Waals surface area contributed by atoms with Crippen molar-refractivity contribution in [3.05, 3.63) is 17.5 Å². The Bertz CT molecular complexity index is 451. The number of hydrogen-bond acceptors (Lipinski definition) is 4. The number of fused-ring (bicyclic) bond motifs is 1. The summed E-state index contributed by atoms with van der Waals surface area (Å²) < 4.78 is 6.38. The molecule has 1 aromatic rings. The van der Waals surface area contributed by atoms with E-state index in [0.717, 1.165) is 0 Å². The first-order chi connectivity index (χ1) is 6.94. The molecule has 0 aromatic carbocycles. The summed E-state index contributed by atoms with van der Waals surface area (Å²) in [7, 11) is 1.67. The van der Waals surface area contributed by atoms with Gasteiger partial charge in [-0.3, -0.25) is 4.68 Å². The van der Waals surface area contributed by atoms with Gasteiger partial charge < -0.3 is 9.84 Å². The summed E-state index contributed by atoms with van der Waals surface area (Å²) in [4.78, 5) is 22.4. The van der Waals surface area contributed by atoms with Crippen LogP contribution in [0.2, 0.25) is 0 Å². The van der Waals surface area contributed by atoms with Crippen molar-refractivity contribution < 1.29 is 19.4 Å². The van der Waals surface area contributed by atoms with Crippen molar-refractivity contribution in [3.8, 4) is 0 Å². The molecule has 1 atom stereocenters. The number of aromatic nitrogens is 2. The Morgan fingerprint density at radius 1 is 1.73 bits per heavy atom. The number of ether oxygens (including phenoxy) is 1. The number of cyclic esters (lactones) is 1. The molecular weight excluding hydrogens is 200 g/mol. The van der Waals surface area contributed by atoms with Crippen LogP contribution in [0.5, 0.6) is 0 Å². The SMILES string of the molecule is Cn1ncc2c1CC(C)(C(=O)O)OC2=O. The molecule has 2 rings (SSSR count). The number of rotatable bonds is 1. The molecule has 0 aliphatic carbocycles. The summed E-state index contributed by atoms with van der Waals surface area (Å²) in [5.41, 5.74) is -0.551. The molecule has 1 aliphatic heterocycles. The Morgan fingerprint density at radius 2 is 2.40 bits per heavy atom. The lowest BCUT2D eigenvalue weighted by molar-refractivity contribution is -0.158. The normalized spacial score (nSPS) is 24.5. The molecule has 1 N–H and O–H groups in total. The summed E-state index contributed by atoms with van der Waals surface area (Å²) in [5.74, 6) is -1.78. The van der Waals surface area contributed by atoms with Gasteiger partial charge in [-0.15, -0.1) is 0 Å². The minimum absolute atomic E-state index is 0.139. The predicted octanol–water partition coefficient (Wildman–Crippen LogP) is -0.0237. The zero-order chi connectivity index (χ0) is 11.2. The van der Waals surface area contributed by atoms with E-state index < -0.39 is 17.5 Å². The summed E-state index contributed by atoms with van der Waals surface area (Å²) in [6.07, 6.45) is 1.53. The molecular formula is C9H10N2O4. The highest BCUT2D eigenvalue weighted by Gasteiger charge is 2.44. The van der Waals surface area contributed by atoms with Crippen LogP contribution in [-0.4, -0.2) is 32.4 Å². The number of carbonyl (C=O) groups is 2. The Balaban J connectivity index is 2.49. The Labute approximate surface area is 85.5 Å². The molecule has 80 valence electrons. The van der Waals surface area contributed by atoms with E-state index in [1.807, 2.05) is 0 Å². The van der Waals surface area contributed by atoms with Gasteiger partial charge in [0, 0.05) is 13.5 Å². The van der Waals surface area contributed by atoms with E-state index >= 15 is 0 Å². The average Bonchev–Trinajstić information content (AvgIpc) is 2.48. The van der Waals surface area contributed by atoms with Gasteiger partial charge >= 0.3 is 11.9 Å². The molecule has 0 bridgehead atoms. The van der Waals surface area contributed by atoms with Gasteiger partial charge in [0.1, 0.15) is 5.56 Å². The van der Waals surface area contributed by atoms with E-state index in [4.69, 9.17) is 9.84 Å². The molecule has 0 spiro atoms. The van der Waals surface area contributed by atoms with E-state index in [1.165, 1.54) is 17.8 Å². The standard InChI is InChI=1S/C9H10N2O4/c1-9(8(13)14)3-6-5(7(12)15-9)4-10-11(6)2/h4H,3H2,1-2H3,(H,13,14). The van der Waals surface area contributed by atoms with Crippen LogP contribution in [0.15, 0.2) is 6.20 Å². The highest BCUT2D eigenvalue weighted by molar-refractivity contribution is 5.95. The highest BCUT2D eigenvalue weighted by atomic mass is 16.6. The Kier molecular flexibility index (Phi) is 1.82. The second-order valence-corrected chi connectivity index (χ2v) is 3.73. The minimum Gasteiger partial charge on any atom is -0.478 e. The van der Waals surface area contributed by atoms with E-state index in [2.05, 4.69) is 5.10 Å². The molecule has 6 heteroatoms. The van der Waals surface area contributed by atoms with Crippen molar-refractivity contribution in [1.29, 1.82) is 0 Å². The third-order valence-corrected chi connectivity index (χ3v) is 2.56. The van der Waals surface area contributed by atoms with Gasteiger partial charge in [0.15, 0.2) is 0 Å². The number of nitrogens with zero attached hydrogens (tertiary/aromatic N) is 2. The smallest absolute Gasteiger partial charge is 0.348 e. The van der Waals surface area contributed by atoms with Crippen LogP contribution >= 0.6 is 0 Å². The van der Waals surface area contributed by atoms with Crippen LogP contribution in [0, 0.1) is 0 Å². The number of carboxylic acids is 1. The fourth-order valence-corrected chi connectivity index (χ4v) is 1.58. The monoisotopic (exact) mass is 210 g/mol. The third kappa shape index (κ3) is 1.29. The molecule has 2 heterocycles. The van der Waals surface area contributed by atoms with Crippen LogP contribution in [0.1, 0.15) is 23.0 Å². The Hall–Kier alpha value is -1.85. The second-order valence-electron chi connectivity index (χ2n) is 3.73. The van der Waals surface area contributed by atoms with Crippen LogP contribution in [0.3, 0.4) is 0 Å². The van der Waals surface area contributed by atoms with E-state index in [1.54, 1.807) is 7.05 Å². The lowest BCUT2D eigenvalue weighted by atomic mass is 9.95. The average molecular weight is 210 g/mol. The van der Waals surface area contributed by atoms with Gasteiger partial charge in [-0.2, -0.15) is 5.10 Å². The number of carboxylic acid groups (broad SMARTS) is 1. The first-order valence-corrected chi connectivity index (χ1v) is 4.41. The maximum absolute atomic E-state index is 11.5. The van der Waals surface area contributed by atoms with E-state index in [-0.39, 0.29) is 6.42 Å². The maximum atomic E-state index is 11.5. The largest absolute Gasteiger partial charge is 0.478 e. The molecule has 1 unspecified atom stereocenters. The summed E-state index contributed by atoms with van der Waals surface area (Å²) in [5, 5.41) is 12.9. The van der Waals surface area contributed by atoms with Crippen LogP contribution < -0.4 is 0 Å². The number of hydrogen-bond donors (Lipinski definition) is 1. The van der Waals surface area contributed by atoms with Gasteiger partial charge in [-0.25, -0.2) is 9.59 Å². The zero-order valence-electron chi connectivity index (χ0n) is 8.35. The molecule has 6 nitrogen and oxygen atoms in total. The third-order valence-electron chi connectivity index (χ3n) is 2.56. The van der Waals surface area contributed by atoms with Crippen molar-refractivity contribution in [1.82, 2.24) is 9.78 Å². The van der Waals surface area contributed by atoms with E-state index in [9.17, 15) is 9.59 Å². The fourth-order valence-electron chi connectivity index (χ4n) is 1.58. The van der Waals surface area contributed by atoms with Gasteiger partial charge in [-0.1, -0.05) is 0 Å². The summed E-state index contributed by atoms with van der Waals surface area (Å²) in [6.45, 7) is 1.38. The van der Waals surface area contributed by atoms with Crippen molar-refractivity contribution in [2.45, 2.75) is 18.9 Å². The lowest BCUT2D eigenvalue weighted by Crippen LogP contribution is -2.46. The molecule has 0 saturated heterocycles. The first-order valence-electron chi connectivity index (χ1n) is 4.41. The fraction of sp³-hybridized carbons (Fsp3) is 0.444. The van der Waals surface area contributed by atoms with Gasteiger partial charge in [0.05, 0.1) is 11.9 Å². The van der Waals surface area contributed by atoms with Crippen molar-refractivity contribution in [2.75, 3.05) is 0 Å². The number of aliphatic carboxylic acids is 1. The molecule has 1 aromatic heterocycles. The van der Waals surface area contributed by atoms with Gasteiger partial charge in [0.2, 0.25) is 5.60 Å². The predicted molar refractivity (Wildman–Crippen MR) is 48.4 cm³/mol. The lowest BCUT2D eigenvalue weighted by Gasteiger charge is -2.29. The summed E-state index contributed by atoms with van der Waals surface area (Å²) in [6, 6.07) is 0. The van der Waals surface area contributed by atoms with Gasteiger partial charge in [0.25, 0.3) is 0 Å². The molecule has 1 aliphatic rings. The number of esters is 1. The minimum atomic E-state index is -1.49. The molecule has 0 amide bonds. The van der Waals surface area contributed by atoms with Crippen molar-refractivity contribution in [3.63, 3.8) is 0 Å². The topological polar surface area (TPSA) is 81.4 Å². The quantitative estimate of drug-likeness (QED) is 0.658. The van der Waals surface area contributed by atoms with Crippen molar-refractivity contribution >= 4 is 11.9 Å². The van der Waals surface area contributed by atoms with Crippen LogP contribution in [-0.2, 0) is 23.0 Å². The molecule has 0 saturated carbocycles. The number of aryl methyl sites for hydroxylation is 1. The second kappa shape index (κ2) is 2.82. The Morgan fingerprint density at radius 3 is 3.00 bits per heavy atom. The van der Waals surface area contributed by atoms with Gasteiger partial charge in [-0.05, 0) is 6.92 Å². The van der Waals surface area contributed by atoms with E-state index in [0.29, 0.717) is 11.3 Å². The molecule has 0 radical (unpaired) electrons. The summed E-state index contributed by atoms with van der Waals surface area (Å²) >= 11 is 0. The first kappa shape index (κ1) is 9.70. The zero-order valence-corrected chi connectivity index (χ0v) is 8.35. The van der Waals surface area contributed by atoms with Crippen LogP contribution in [0.4, 0.5) is 0 Å². The maximum Gasteiger partial charge on any atom is 0.348 e. The molecule has 0 fully saturated rings. The highest BCUT2D eigenvalue weighted by Crippen LogP contribution is 2.27. The van der Waals surface area contributed by atoms with Crippen molar-refractivity contribution in [2.24, 2.45) is 7.05 Å². The van der Waals surface area contributed by atoms with Crippen LogP contribution in [0.25, 0.3) is 0 Å².